The number of aromatic nitrogens is 2. The molecule has 0 aliphatic carbocycles. The van der Waals surface area contributed by atoms with Gasteiger partial charge in [-0.3, -0.25) is 9.78 Å². The summed E-state index contributed by atoms with van der Waals surface area (Å²) in [6.07, 6.45) is 6.25. The van der Waals surface area contributed by atoms with Gasteiger partial charge in [0, 0.05) is 26.7 Å². The molecule has 3 rings (SSSR count). The number of ether oxygens (including phenoxy) is 1. The number of amides is 1. The molecule has 0 saturated carbocycles. The minimum atomic E-state index is -0.0199. The summed E-state index contributed by atoms with van der Waals surface area (Å²) in [4.78, 5) is 25.1. The molecule has 1 aliphatic rings. The van der Waals surface area contributed by atoms with Gasteiger partial charge in [-0.1, -0.05) is 12.1 Å². The van der Waals surface area contributed by atoms with E-state index in [1.165, 1.54) is 5.56 Å². The SMILES string of the molecule is Cc1ccc(C)c(OCCCN(C)c2cncc(C(=O)N3CCCC3)n2)c1. The zero-order chi connectivity index (χ0) is 19.2. The van der Waals surface area contributed by atoms with Crippen molar-refractivity contribution in [1.82, 2.24) is 14.9 Å². The first-order valence-corrected chi connectivity index (χ1v) is 9.57. The van der Waals surface area contributed by atoms with Crippen molar-refractivity contribution in [3.8, 4) is 5.75 Å². The van der Waals surface area contributed by atoms with Crippen molar-refractivity contribution in [3.63, 3.8) is 0 Å². The van der Waals surface area contributed by atoms with Crippen LogP contribution in [0.5, 0.6) is 5.75 Å². The second-order valence-corrected chi connectivity index (χ2v) is 7.15. The molecule has 1 amide bonds. The van der Waals surface area contributed by atoms with Gasteiger partial charge in [0.25, 0.3) is 5.91 Å². The zero-order valence-corrected chi connectivity index (χ0v) is 16.4. The Bertz CT molecular complexity index is 788. The van der Waals surface area contributed by atoms with E-state index in [1.54, 1.807) is 12.4 Å². The molecule has 0 atom stereocenters. The van der Waals surface area contributed by atoms with E-state index in [2.05, 4.69) is 42.0 Å². The van der Waals surface area contributed by atoms with E-state index in [0.29, 0.717) is 18.1 Å². The topological polar surface area (TPSA) is 58.6 Å². The Balaban J connectivity index is 1.52. The summed E-state index contributed by atoms with van der Waals surface area (Å²) in [7, 11) is 1.96. The van der Waals surface area contributed by atoms with Crippen LogP contribution >= 0.6 is 0 Å². The number of hydrogen-bond acceptors (Lipinski definition) is 5. The fourth-order valence-corrected chi connectivity index (χ4v) is 3.19. The van der Waals surface area contributed by atoms with Crippen LogP contribution in [-0.2, 0) is 0 Å². The first-order valence-electron chi connectivity index (χ1n) is 9.57. The average Bonchev–Trinajstić information content (AvgIpc) is 3.22. The molecule has 1 aromatic carbocycles. The van der Waals surface area contributed by atoms with Gasteiger partial charge in [0.05, 0.1) is 19.0 Å². The molecule has 27 heavy (non-hydrogen) atoms. The second kappa shape index (κ2) is 8.84. The molecule has 6 nitrogen and oxygen atoms in total. The third-order valence-electron chi connectivity index (χ3n) is 4.86. The van der Waals surface area contributed by atoms with E-state index in [-0.39, 0.29) is 5.91 Å². The van der Waals surface area contributed by atoms with Crippen LogP contribution in [0.25, 0.3) is 0 Å². The highest BCUT2D eigenvalue weighted by Crippen LogP contribution is 2.19. The number of rotatable bonds is 7. The molecule has 0 radical (unpaired) electrons. The minimum Gasteiger partial charge on any atom is -0.493 e. The molecule has 0 unspecified atom stereocenters. The number of hydrogen-bond donors (Lipinski definition) is 0. The minimum absolute atomic E-state index is 0.0199. The lowest BCUT2D eigenvalue weighted by molar-refractivity contribution is 0.0786. The fourth-order valence-electron chi connectivity index (χ4n) is 3.19. The zero-order valence-electron chi connectivity index (χ0n) is 16.4. The molecule has 6 heteroatoms. The molecule has 0 bridgehead atoms. The molecule has 2 aromatic rings. The van der Waals surface area contributed by atoms with Crippen molar-refractivity contribution < 1.29 is 9.53 Å². The number of carbonyl (C=O) groups excluding carboxylic acids is 1. The summed E-state index contributed by atoms with van der Waals surface area (Å²) in [5, 5.41) is 0. The lowest BCUT2D eigenvalue weighted by Crippen LogP contribution is -2.29. The maximum Gasteiger partial charge on any atom is 0.274 e. The highest BCUT2D eigenvalue weighted by atomic mass is 16.5. The molecule has 0 N–H and O–H groups in total. The maximum atomic E-state index is 12.5. The van der Waals surface area contributed by atoms with Gasteiger partial charge in [-0.2, -0.15) is 0 Å². The van der Waals surface area contributed by atoms with Gasteiger partial charge in [0.2, 0.25) is 0 Å². The Kier molecular flexibility index (Phi) is 6.27. The van der Waals surface area contributed by atoms with Crippen molar-refractivity contribution in [3.05, 3.63) is 47.4 Å². The number of anilines is 1. The van der Waals surface area contributed by atoms with Gasteiger partial charge in [0.15, 0.2) is 0 Å². The van der Waals surface area contributed by atoms with E-state index in [0.717, 1.165) is 50.2 Å². The molecule has 1 fully saturated rings. The molecule has 0 spiro atoms. The van der Waals surface area contributed by atoms with Crippen LogP contribution in [0, 0.1) is 13.8 Å². The predicted molar refractivity (Wildman–Crippen MR) is 106 cm³/mol. The normalized spacial score (nSPS) is 13.7. The quantitative estimate of drug-likeness (QED) is 0.702. The molecular weight excluding hydrogens is 340 g/mol. The molecule has 1 saturated heterocycles. The van der Waals surface area contributed by atoms with Crippen molar-refractivity contribution in [2.45, 2.75) is 33.1 Å². The van der Waals surface area contributed by atoms with Gasteiger partial charge >= 0.3 is 0 Å². The molecule has 144 valence electrons. The third-order valence-corrected chi connectivity index (χ3v) is 4.86. The second-order valence-electron chi connectivity index (χ2n) is 7.15. The number of benzene rings is 1. The van der Waals surface area contributed by atoms with E-state index in [4.69, 9.17) is 4.74 Å². The van der Waals surface area contributed by atoms with Crippen molar-refractivity contribution in [1.29, 1.82) is 0 Å². The van der Waals surface area contributed by atoms with E-state index in [9.17, 15) is 4.79 Å². The smallest absolute Gasteiger partial charge is 0.274 e. The van der Waals surface area contributed by atoms with Crippen LogP contribution in [0.1, 0.15) is 40.9 Å². The summed E-state index contributed by atoms with van der Waals surface area (Å²) in [5.41, 5.74) is 2.77. The lowest BCUT2D eigenvalue weighted by atomic mass is 10.1. The Labute approximate surface area is 161 Å². The van der Waals surface area contributed by atoms with E-state index < -0.39 is 0 Å². The highest BCUT2D eigenvalue weighted by Gasteiger charge is 2.21. The van der Waals surface area contributed by atoms with Gasteiger partial charge in [0.1, 0.15) is 17.3 Å². The van der Waals surface area contributed by atoms with Crippen molar-refractivity contribution >= 4 is 11.7 Å². The summed E-state index contributed by atoms with van der Waals surface area (Å²) < 4.78 is 5.91. The Morgan fingerprint density at radius 2 is 2.00 bits per heavy atom. The lowest BCUT2D eigenvalue weighted by Gasteiger charge is -2.20. The summed E-state index contributed by atoms with van der Waals surface area (Å²) >= 11 is 0. The summed E-state index contributed by atoms with van der Waals surface area (Å²) in [5.74, 6) is 1.64. The first-order chi connectivity index (χ1) is 13.0. The van der Waals surface area contributed by atoms with Gasteiger partial charge in [-0.15, -0.1) is 0 Å². The Morgan fingerprint density at radius 3 is 2.78 bits per heavy atom. The van der Waals surface area contributed by atoms with Gasteiger partial charge in [-0.25, -0.2) is 4.98 Å². The first kappa shape index (κ1) is 19.1. The van der Waals surface area contributed by atoms with E-state index >= 15 is 0 Å². The standard InChI is InChI=1S/C21H28N4O2/c1-16-7-8-17(2)19(13-16)27-12-6-9-24(3)20-15-22-14-18(23-20)21(26)25-10-4-5-11-25/h7-8,13-15H,4-6,9-12H2,1-3H3. The van der Waals surface area contributed by atoms with Crippen molar-refractivity contribution in [2.75, 3.05) is 38.2 Å². The van der Waals surface area contributed by atoms with Crippen LogP contribution < -0.4 is 9.64 Å². The van der Waals surface area contributed by atoms with E-state index in [1.807, 2.05) is 16.8 Å². The number of likely N-dealkylation sites (tertiary alicyclic amines) is 1. The monoisotopic (exact) mass is 368 g/mol. The van der Waals surface area contributed by atoms with Crippen LogP contribution in [-0.4, -0.2) is 54.1 Å². The number of nitrogens with zero attached hydrogens (tertiary/aromatic N) is 4. The van der Waals surface area contributed by atoms with Gasteiger partial charge in [-0.05, 0) is 50.3 Å². The third kappa shape index (κ3) is 4.96. The van der Waals surface area contributed by atoms with Crippen molar-refractivity contribution in [2.24, 2.45) is 0 Å². The molecule has 1 aliphatic heterocycles. The molecule has 2 heterocycles. The van der Waals surface area contributed by atoms with Crippen LogP contribution in [0.3, 0.4) is 0 Å². The van der Waals surface area contributed by atoms with Crippen LogP contribution in [0.15, 0.2) is 30.6 Å². The summed E-state index contributed by atoms with van der Waals surface area (Å²) in [6.45, 7) is 7.16. The average molecular weight is 368 g/mol. The predicted octanol–water partition coefficient (Wildman–Crippen LogP) is 3.23. The largest absolute Gasteiger partial charge is 0.493 e. The Morgan fingerprint density at radius 1 is 1.22 bits per heavy atom. The fraction of sp³-hybridized carbons (Fsp3) is 0.476. The van der Waals surface area contributed by atoms with Crippen LogP contribution in [0.2, 0.25) is 0 Å². The molecule has 1 aromatic heterocycles. The number of carbonyl (C=O) groups is 1. The Hall–Kier alpha value is -2.63. The number of aryl methyl sites for hydroxylation is 2. The maximum absolute atomic E-state index is 12.5. The van der Waals surface area contributed by atoms with Gasteiger partial charge < -0.3 is 14.5 Å². The molecular formula is C21H28N4O2. The highest BCUT2D eigenvalue weighted by molar-refractivity contribution is 5.92. The van der Waals surface area contributed by atoms with Crippen LogP contribution in [0.4, 0.5) is 5.82 Å². The summed E-state index contributed by atoms with van der Waals surface area (Å²) in [6, 6.07) is 6.23.